The van der Waals surface area contributed by atoms with Gasteiger partial charge in [0.2, 0.25) is 0 Å². The SMILES string of the molecule is N#Cc1ccc(Oc2ccc(NC(=O)Nc3ccc(Cl)c(C(F)(F)F)c3)cc2)cc1C#N. The molecule has 0 radical (unpaired) electrons. The summed E-state index contributed by atoms with van der Waals surface area (Å²) in [4.78, 5) is 12.1. The van der Waals surface area contributed by atoms with Crippen molar-refractivity contribution >= 4 is 29.0 Å². The molecule has 32 heavy (non-hydrogen) atoms. The molecule has 160 valence electrons. The Hall–Kier alpha value is -4.21. The molecule has 6 nitrogen and oxygen atoms in total. The summed E-state index contributed by atoms with van der Waals surface area (Å²) in [5.41, 5.74) is -0.365. The summed E-state index contributed by atoms with van der Waals surface area (Å²) >= 11 is 5.56. The molecule has 10 heteroatoms. The molecule has 3 rings (SSSR count). The van der Waals surface area contributed by atoms with Crippen LogP contribution in [0.1, 0.15) is 16.7 Å². The second-order valence-electron chi connectivity index (χ2n) is 6.33. The number of halogens is 4. The van der Waals surface area contributed by atoms with Crippen LogP contribution >= 0.6 is 11.6 Å². The van der Waals surface area contributed by atoms with E-state index in [0.717, 1.165) is 12.1 Å². The molecule has 0 saturated heterocycles. The quantitative estimate of drug-likeness (QED) is 0.465. The third-order valence-electron chi connectivity index (χ3n) is 4.11. The number of nitrogens with one attached hydrogen (secondary N) is 2. The number of rotatable bonds is 4. The van der Waals surface area contributed by atoms with Crippen LogP contribution in [0.4, 0.5) is 29.3 Å². The lowest BCUT2D eigenvalue weighted by Gasteiger charge is -2.12. The van der Waals surface area contributed by atoms with Gasteiger partial charge in [0, 0.05) is 11.4 Å². The van der Waals surface area contributed by atoms with Crippen molar-refractivity contribution in [2.75, 3.05) is 10.6 Å². The van der Waals surface area contributed by atoms with E-state index in [1.165, 1.54) is 30.3 Å². The number of carbonyl (C=O) groups excluding carboxylic acids is 1. The zero-order valence-electron chi connectivity index (χ0n) is 16.0. The number of urea groups is 1. The van der Waals surface area contributed by atoms with Gasteiger partial charge in [-0.05, 0) is 60.7 Å². The first kappa shape index (κ1) is 22.5. The van der Waals surface area contributed by atoms with E-state index in [0.29, 0.717) is 17.2 Å². The Morgan fingerprint density at radius 2 is 1.44 bits per heavy atom. The van der Waals surface area contributed by atoms with Crippen molar-refractivity contribution < 1.29 is 22.7 Å². The van der Waals surface area contributed by atoms with E-state index in [9.17, 15) is 18.0 Å². The molecular weight excluding hydrogens is 445 g/mol. The van der Waals surface area contributed by atoms with Gasteiger partial charge in [-0.1, -0.05) is 11.6 Å². The van der Waals surface area contributed by atoms with Crippen LogP contribution in [0.2, 0.25) is 5.02 Å². The number of nitriles is 2. The maximum Gasteiger partial charge on any atom is 0.417 e. The Balaban J connectivity index is 1.64. The fourth-order valence-electron chi connectivity index (χ4n) is 2.63. The highest BCUT2D eigenvalue weighted by molar-refractivity contribution is 6.31. The van der Waals surface area contributed by atoms with E-state index < -0.39 is 22.8 Å². The summed E-state index contributed by atoms with van der Waals surface area (Å²) in [6.07, 6.45) is -4.65. The van der Waals surface area contributed by atoms with E-state index in [4.69, 9.17) is 26.9 Å². The molecule has 0 unspecified atom stereocenters. The van der Waals surface area contributed by atoms with Crippen LogP contribution in [0, 0.1) is 22.7 Å². The Kier molecular flexibility index (Phi) is 6.53. The first-order valence-corrected chi connectivity index (χ1v) is 9.24. The molecule has 2 amide bonds. The van der Waals surface area contributed by atoms with Crippen molar-refractivity contribution in [3.63, 3.8) is 0 Å². The van der Waals surface area contributed by atoms with Crippen molar-refractivity contribution in [1.29, 1.82) is 10.5 Å². The van der Waals surface area contributed by atoms with Crippen molar-refractivity contribution in [1.82, 2.24) is 0 Å². The standard InChI is InChI=1S/C22H12ClF3N4O2/c23-20-8-4-16(10-19(20)22(24,25)26)30-21(31)29-15-2-6-17(7-3-15)32-18-5-1-13(11-27)14(9-18)12-28/h1-10H,(H2,29,30,31). The van der Waals surface area contributed by atoms with E-state index in [1.54, 1.807) is 18.2 Å². The highest BCUT2D eigenvalue weighted by Crippen LogP contribution is 2.36. The van der Waals surface area contributed by atoms with Gasteiger partial charge in [0.25, 0.3) is 0 Å². The van der Waals surface area contributed by atoms with Gasteiger partial charge < -0.3 is 15.4 Å². The van der Waals surface area contributed by atoms with Gasteiger partial charge in [-0.25, -0.2) is 4.79 Å². The maximum atomic E-state index is 12.9. The molecule has 3 aromatic carbocycles. The van der Waals surface area contributed by atoms with Gasteiger partial charge in [-0.15, -0.1) is 0 Å². The second-order valence-corrected chi connectivity index (χ2v) is 6.74. The lowest BCUT2D eigenvalue weighted by atomic mass is 10.1. The first-order valence-electron chi connectivity index (χ1n) is 8.86. The lowest BCUT2D eigenvalue weighted by molar-refractivity contribution is -0.137. The molecule has 0 fully saturated rings. The maximum absolute atomic E-state index is 12.9. The summed E-state index contributed by atoms with van der Waals surface area (Å²) in [7, 11) is 0. The highest BCUT2D eigenvalue weighted by Gasteiger charge is 2.33. The zero-order valence-corrected chi connectivity index (χ0v) is 16.8. The number of carbonyl (C=O) groups is 1. The number of hydrogen-bond acceptors (Lipinski definition) is 4. The van der Waals surface area contributed by atoms with Crippen molar-refractivity contribution in [2.24, 2.45) is 0 Å². The lowest BCUT2D eigenvalue weighted by Crippen LogP contribution is -2.19. The molecule has 0 heterocycles. The van der Waals surface area contributed by atoms with Crippen LogP contribution in [0.15, 0.2) is 60.7 Å². The first-order chi connectivity index (χ1) is 15.2. The summed E-state index contributed by atoms with van der Waals surface area (Å²) in [6, 6.07) is 16.7. The van der Waals surface area contributed by atoms with E-state index in [-0.39, 0.29) is 16.8 Å². The van der Waals surface area contributed by atoms with E-state index >= 15 is 0 Å². The van der Waals surface area contributed by atoms with Crippen molar-refractivity contribution in [3.05, 3.63) is 82.4 Å². The molecule has 0 bridgehead atoms. The highest BCUT2D eigenvalue weighted by atomic mass is 35.5. The third-order valence-corrected chi connectivity index (χ3v) is 4.44. The zero-order chi connectivity index (χ0) is 23.3. The molecular formula is C22H12ClF3N4O2. The Morgan fingerprint density at radius 1 is 0.844 bits per heavy atom. The molecule has 0 aliphatic rings. The summed E-state index contributed by atoms with van der Waals surface area (Å²) in [5.74, 6) is 0.749. The number of alkyl halides is 3. The summed E-state index contributed by atoms with van der Waals surface area (Å²) in [5, 5.41) is 22.3. The smallest absolute Gasteiger partial charge is 0.417 e. The minimum Gasteiger partial charge on any atom is -0.457 e. The van der Waals surface area contributed by atoms with Crippen LogP contribution in [0.25, 0.3) is 0 Å². The fourth-order valence-corrected chi connectivity index (χ4v) is 2.86. The third kappa shape index (κ3) is 5.48. The largest absolute Gasteiger partial charge is 0.457 e. The molecule has 2 N–H and O–H groups in total. The monoisotopic (exact) mass is 456 g/mol. The number of hydrogen-bond donors (Lipinski definition) is 2. The van der Waals surface area contributed by atoms with Crippen LogP contribution < -0.4 is 15.4 Å². The summed E-state index contributed by atoms with van der Waals surface area (Å²) in [6.45, 7) is 0. The Labute approximate surface area is 185 Å². The van der Waals surface area contributed by atoms with Gasteiger partial charge in [0.15, 0.2) is 0 Å². The van der Waals surface area contributed by atoms with Crippen LogP contribution in [-0.2, 0) is 6.18 Å². The minimum atomic E-state index is -4.65. The van der Waals surface area contributed by atoms with Crippen molar-refractivity contribution in [2.45, 2.75) is 6.18 Å². The number of amides is 2. The summed E-state index contributed by atoms with van der Waals surface area (Å²) < 4.78 is 44.4. The molecule has 0 saturated carbocycles. The number of nitrogens with zero attached hydrogens (tertiary/aromatic N) is 2. The van der Waals surface area contributed by atoms with Gasteiger partial charge >= 0.3 is 12.2 Å². The van der Waals surface area contributed by atoms with Crippen LogP contribution in [0.3, 0.4) is 0 Å². The molecule has 0 aliphatic heterocycles. The number of anilines is 2. The second kappa shape index (κ2) is 9.29. The fraction of sp³-hybridized carbons (Fsp3) is 0.0455. The van der Waals surface area contributed by atoms with E-state index in [1.807, 2.05) is 12.1 Å². The molecule has 0 atom stereocenters. The molecule has 3 aromatic rings. The van der Waals surface area contributed by atoms with Crippen LogP contribution in [0.5, 0.6) is 11.5 Å². The molecule has 0 spiro atoms. The topological polar surface area (TPSA) is 97.9 Å². The molecule has 0 aliphatic carbocycles. The number of benzene rings is 3. The van der Waals surface area contributed by atoms with Crippen LogP contribution in [-0.4, -0.2) is 6.03 Å². The van der Waals surface area contributed by atoms with Gasteiger partial charge in [0.1, 0.15) is 23.6 Å². The average molecular weight is 457 g/mol. The Morgan fingerprint density at radius 3 is 2.06 bits per heavy atom. The minimum absolute atomic E-state index is 0.0757. The van der Waals surface area contributed by atoms with Crippen molar-refractivity contribution in [3.8, 4) is 23.6 Å². The van der Waals surface area contributed by atoms with Gasteiger partial charge in [-0.2, -0.15) is 23.7 Å². The average Bonchev–Trinajstić information content (AvgIpc) is 2.75. The predicted molar refractivity (Wildman–Crippen MR) is 111 cm³/mol. The van der Waals surface area contributed by atoms with Gasteiger partial charge in [-0.3, -0.25) is 0 Å². The predicted octanol–water partition coefficient (Wildman–Crippen LogP) is 6.54. The molecule has 0 aromatic heterocycles. The normalized spacial score (nSPS) is 10.6. The van der Waals surface area contributed by atoms with Gasteiger partial charge in [0.05, 0.1) is 21.7 Å². The Bertz CT molecular complexity index is 1250. The van der Waals surface area contributed by atoms with E-state index in [2.05, 4.69) is 10.6 Å². The number of ether oxygens (including phenoxy) is 1.